The molecule has 0 aromatic rings. The van der Waals surface area contributed by atoms with Crippen molar-refractivity contribution in [3.05, 3.63) is 0 Å². The van der Waals surface area contributed by atoms with Gasteiger partial charge in [-0.1, -0.05) is 12.8 Å². The second-order valence-electron chi connectivity index (χ2n) is 6.28. The van der Waals surface area contributed by atoms with Crippen LogP contribution in [0.4, 0.5) is 0 Å². The number of methoxy groups -OCH3 is 1. The first-order valence-corrected chi connectivity index (χ1v) is 7.26. The molecule has 1 heterocycles. The molecule has 1 aliphatic heterocycles. The molecule has 1 aliphatic rings. The molecular weight excluding hydrogens is 272 g/mol. The Balaban J connectivity index is 2.98. The van der Waals surface area contributed by atoms with Crippen LogP contribution in [0.5, 0.6) is 0 Å². The predicted molar refractivity (Wildman–Crippen MR) is 79.4 cm³/mol. The van der Waals surface area contributed by atoms with E-state index in [2.05, 4.69) is 5.92 Å². The molecule has 122 valence electrons. The summed E-state index contributed by atoms with van der Waals surface area (Å²) in [5, 5.41) is 0. The summed E-state index contributed by atoms with van der Waals surface area (Å²) in [5.41, 5.74) is 0. The minimum absolute atomic E-state index is 0.0219. The van der Waals surface area contributed by atoms with Gasteiger partial charge in [0, 0.05) is 13.0 Å². The highest BCUT2D eigenvalue weighted by Gasteiger charge is 2.38. The molecule has 21 heavy (non-hydrogen) atoms. The number of hydrogen-bond acceptors (Lipinski definition) is 5. The van der Waals surface area contributed by atoms with Crippen molar-refractivity contribution in [3.8, 4) is 12.3 Å². The van der Waals surface area contributed by atoms with E-state index in [9.17, 15) is 0 Å². The highest BCUT2D eigenvalue weighted by molar-refractivity contribution is 5.01. The van der Waals surface area contributed by atoms with E-state index in [1.54, 1.807) is 14.0 Å². The molecule has 0 N–H and O–H groups in total. The van der Waals surface area contributed by atoms with E-state index in [1.165, 1.54) is 0 Å². The Kier molecular flexibility index (Phi) is 6.21. The molecule has 2 unspecified atom stereocenters. The fourth-order valence-electron chi connectivity index (χ4n) is 2.16. The van der Waals surface area contributed by atoms with Gasteiger partial charge in [-0.2, -0.15) is 0 Å². The summed E-state index contributed by atoms with van der Waals surface area (Å²) in [5.74, 6) is 1.17. The molecular formula is C16H28O5. The average molecular weight is 300 g/mol. The summed E-state index contributed by atoms with van der Waals surface area (Å²) in [6, 6.07) is 0. The number of ether oxygens (including phenoxy) is 5. The van der Waals surface area contributed by atoms with Crippen molar-refractivity contribution in [2.45, 2.75) is 71.6 Å². The summed E-state index contributed by atoms with van der Waals surface area (Å²) < 4.78 is 28.7. The van der Waals surface area contributed by atoms with Crippen LogP contribution in [0.2, 0.25) is 0 Å². The lowest BCUT2D eigenvalue weighted by Gasteiger charge is -2.35. The van der Waals surface area contributed by atoms with Gasteiger partial charge in [-0.15, -0.1) is 6.42 Å². The van der Waals surface area contributed by atoms with Crippen LogP contribution in [0.15, 0.2) is 0 Å². The van der Waals surface area contributed by atoms with Gasteiger partial charge in [-0.25, -0.2) is 0 Å². The molecule has 0 spiro atoms. The van der Waals surface area contributed by atoms with Crippen molar-refractivity contribution in [3.63, 3.8) is 0 Å². The largest absolute Gasteiger partial charge is 0.354 e. The second-order valence-corrected chi connectivity index (χ2v) is 6.28. The number of hydrogen-bond donors (Lipinski definition) is 0. The van der Waals surface area contributed by atoms with E-state index in [0.29, 0.717) is 6.61 Å². The van der Waals surface area contributed by atoms with Gasteiger partial charge in [-0.3, -0.25) is 0 Å². The van der Waals surface area contributed by atoms with Crippen LogP contribution >= 0.6 is 0 Å². The average Bonchev–Trinajstić information content (AvgIpc) is 2.42. The van der Waals surface area contributed by atoms with Crippen molar-refractivity contribution in [2.24, 2.45) is 5.92 Å². The van der Waals surface area contributed by atoms with Crippen molar-refractivity contribution in [1.82, 2.24) is 0 Å². The summed E-state index contributed by atoms with van der Waals surface area (Å²) >= 11 is 0. The Morgan fingerprint density at radius 1 is 1.29 bits per heavy atom. The maximum Gasteiger partial charge on any atom is 0.165 e. The van der Waals surface area contributed by atoms with E-state index in [1.807, 2.05) is 34.6 Å². The molecule has 1 rings (SSSR count). The maximum absolute atomic E-state index is 6.03. The quantitative estimate of drug-likeness (QED) is 0.592. The highest BCUT2D eigenvalue weighted by atomic mass is 16.8. The molecule has 0 radical (unpaired) electrons. The number of terminal acetylenes is 1. The van der Waals surface area contributed by atoms with Crippen molar-refractivity contribution >= 4 is 0 Å². The van der Waals surface area contributed by atoms with Gasteiger partial charge in [0.1, 0.15) is 12.2 Å². The van der Waals surface area contributed by atoms with Crippen LogP contribution in [-0.2, 0) is 23.7 Å². The molecule has 5 heteroatoms. The summed E-state index contributed by atoms with van der Waals surface area (Å²) in [7, 11) is 1.59. The Bertz CT molecular complexity index is 371. The van der Waals surface area contributed by atoms with Gasteiger partial charge in [0.2, 0.25) is 0 Å². The first kappa shape index (κ1) is 18.4. The van der Waals surface area contributed by atoms with Gasteiger partial charge in [0.05, 0.1) is 6.61 Å². The molecule has 4 atom stereocenters. The predicted octanol–water partition coefficient (Wildman–Crippen LogP) is 2.54. The SMILES string of the molecule is C#CC1OC(C)OC(C)(C)OC[C@H](C)[C@@H]1OC(C)(C)OC. The normalized spacial score (nSPS) is 34.4. The number of rotatable bonds is 3. The van der Waals surface area contributed by atoms with Gasteiger partial charge in [-0.05, 0) is 34.6 Å². The fourth-order valence-corrected chi connectivity index (χ4v) is 2.16. The molecule has 1 fully saturated rings. The van der Waals surface area contributed by atoms with Gasteiger partial charge in [0.25, 0.3) is 0 Å². The second kappa shape index (κ2) is 7.08. The zero-order valence-corrected chi connectivity index (χ0v) is 14.1. The Morgan fingerprint density at radius 2 is 1.90 bits per heavy atom. The summed E-state index contributed by atoms with van der Waals surface area (Å²) in [6.07, 6.45) is 4.23. The van der Waals surface area contributed by atoms with E-state index in [4.69, 9.17) is 30.1 Å². The monoisotopic (exact) mass is 300 g/mol. The van der Waals surface area contributed by atoms with Gasteiger partial charge in [0.15, 0.2) is 17.9 Å². The van der Waals surface area contributed by atoms with E-state index >= 15 is 0 Å². The first-order valence-electron chi connectivity index (χ1n) is 7.26. The van der Waals surface area contributed by atoms with Gasteiger partial charge >= 0.3 is 0 Å². The third-order valence-electron chi connectivity index (χ3n) is 3.42. The third kappa shape index (κ3) is 5.57. The van der Waals surface area contributed by atoms with E-state index in [0.717, 1.165) is 0 Å². The lowest BCUT2D eigenvalue weighted by Crippen LogP contribution is -2.44. The van der Waals surface area contributed by atoms with Crippen LogP contribution in [0.3, 0.4) is 0 Å². The molecule has 0 aliphatic carbocycles. The standard InChI is InChI=1S/C16H28O5/c1-9-13-14(21-15(4,5)17-8)11(2)10-18-16(6,7)20-12(3)19-13/h1,11-14H,10H2,2-8H3/t11-,12?,13?,14-/m0/s1. The smallest absolute Gasteiger partial charge is 0.165 e. The van der Waals surface area contributed by atoms with E-state index < -0.39 is 24.0 Å². The van der Waals surface area contributed by atoms with Crippen LogP contribution in [0.1, 0.15) is 41.5 Å². The zero-order chi connectivity index (χ0) is 16.3. The molecule has 0 aromatic heterocycles. The molecule has 0 amide bonds. The van der Waals surface area contributed by atoms with Gasteiger partial charge < -0.3 is 23.7 Å². The lowest BCUT2D eigenvalue weighted by atomic mass is 10.00. The minimum Gasteiger partial charge on any atom is -0.354 e. The lowest BCUT2D eigenvalue weighted by molar-refractivity contribution is -0.292. The molecule has 5 nitrogen and oxygen atoms in total. The Hall–Kier alpha value is -0.640. The summed E-state index contributed by atoms with van der Waals surface area (Å²) in [6.45, 7) is 11.6. The van der Waals surface area contributed by atoms with Crippen molar-refractivity contribution < 1.29 is 23.7 Å². The molecule has 0 saturated carbocycles. The van der Waals surface area contributed by atoms with Crippen molar-refractivity contribution in [2.75, 3.05) is 13.7 Å². The zero-order valence-electron chi connectivity index (χ0n) is 14.1. The van der Waals surface area contributed by atoms with Crippen LogP contribution in [0, 0.1) is 18.3 Å². The van der Waals surface area contributed by atoms with Crippen molar-refractivity contribution in [1.29, 1.82) is 0 Å². The van der Waals surface area contributed by atoms with Crippen LogP contribution in [0.25, 0.3) is 0 Å². The molecule has 0 bridgehead atoms. The third-order valence-corrected chi connectivity index (χ3v) is 3.42. The van der Waals surface area contributed by atoms with Crippen LogP contribution in [-0.4, -0.2) is 43.8 Å². The first-order chi connectivity index (χ1) is 9.60. The highest BCUT2D eigenvalue weighted by Crippen LogP contribution is 2.27. The maximum atomic E-state index is 6.03. The van der Waals surface area contributed by atoms with E-state index in [-0.39, 0.29) is 12.0 Å². The van der Waals surface area contributed by atoms with Crippen LogP contribution < -0.4 is 0 Å². The fraction of sp³-hybridized carbons (Fsp3) is 0.875. The molecule has 1 saturated heterocycles. The Labute approximate surface area is 128 Å². The Morgan fingerprint density at radius 3 is 2.43 bits per heavy atom. The topological polar surface area (TPSA) is 46.2 Å². The minimum atomic E-state index is -0.759. The molecule has 0 aromatic carbocycles. The summed E-state index contributed by atoms with van der Waals surface area (Å²) in [4.78, 5) is 0.